The van der Waals surface area contributed by atoms with Crippen LogP contribution in [0.1, 0.15) is 10.5 Å². The van der Waals surface area contributed by atoms with Crippen LogP contribution in [0.3, 0.4) is 0 Å². The minimum absolute atomic E-state index is 0.182. The fourth-order valence-corrected chi connectivity index (χ4v) is 1.85. The molecule has 0 spiro atoms. The largest absolute Gasteiger partial charge is 0.321 e. The summed E-state index contributed by atoms with van der Waals surface area (Å²) in [6, 6.07) is 7.40. The van der Waals surface area contributed by atoms with Crippen molar-refractivity contribution in [2.45, 2.75) is 0 Å². The van der Waals surface area contributed by atoms with Gasteiger partial charge in [-0.05, 0) is 24.3 Å². The maximum Gasteiger partial charge on any atom is 0.275 e. The summed E-state index contributed by atoms with van der Waals surface area (Å²) in [4.78, 5) is 15.5. The summed E-state index contributed by atoms with van der Waals surface area (Å²) < 4.78 is 0.981. The van der Waals surface area contributed by atoms with Gasteiger partial charge in [-0.15, -0.1) is 11.3 Å². The van der Waals surface area contributed by atoms with E-state index in [1.165, 1.54) is 11.3 Å². The Balaban J connectivity index is 2.09. The third-order valence-electron chi connectivity index (χ3n) is 1.77. The fourth-order valence-electron chi connectivity index (χ4n) is 1.05. The van der Waals surface area contributed by atoms with Crippen molar-refractivity contribution in [3.8, 4) is 0 Å². The zero-order chi connectivity index (χ0) is 10.7. The maximum atomic E-state index is 11.6. The number of nitrogens with one attached hydrogen (secondary N) is 1. The predicted molar refractivity (Wildman–Crippen MR) is 64.2 cm³/mol. The summed E-state index contributed by atoms with van der Waals surface area (Å²) in [6.45, 7) is 0. The van der Waals surface area contributed by atoms with Gasteiger partial charge in [-0.3, -0.25) is 4.79 Å². The number of benzene rings is 1. The van der Waals surface area contributed by atoms with E-state index in [1.807, 2.05) is 24.3 Å². The zero-order valence-electron chi connectivity index (χ0n) is 7.61. The number of aromatic nitrogens is 1. The van der Waals surface area contributed by atoms with Crippen molar-refractivity contribution in [1.82, 2.24) is 4.98 Å². The van der Waals surface area contributed by atoms with Gasteiger partial charge in [0.2, 0.25) is 0 Å². The first-order valence-electron chi connectivity index (χ1n) is 4.21. The average molecular weight is 283 g/mol. The Morgan fingerprint density at radius 3 is 2.67 bits per heavy atom. The molecular weight excluding hydrogens is 276 g/mol. The summed E-state index contributed by atoms with van der Waals surface area (Å²) >= 11 is 4.73. The number of nitrogens with zero attached hydrogens (tertiary/aromatic N) is 1. The van der Waals surface area contributed by atoms with Gasteiger partial charge in [-0.1, -0.05) is 15.9 Å². The van der Waals surface area contributed by atoms with Gasteiger partial charge in [0.15, 0.2) is 0 Å². The highest BCUT2D eigenvalue weighted by Gasteiger charge is 2.06. The number of hydrogen-bond donors (Lipinski definition) is 1. The summed E-state index contributed by atoms with van der Waals surface area (Å²) in [5.74, 6) is -0.182. The summed E-state index contributed by atoms with van der Waals surface area (Å²) in [6.07, 6.45) is 0. The molecule has 1 heterocycles. The Kier molecular flexibility index (Phi) is 3.13. The van der Waals surface area contributed by atoms with Crippen molar-refractivity contribution in [1.29, 1.82) is 0 Å². The van der Waals surface area contributed by atoms with Crippen molar-refractivity contribution in [2.24, 2.45) is 0 Å². The highest BCUT2D eigenvalue weighted by Crippen LogP contribution is 2.15. The Labute approximate surface area is 99.3 Å². The van der Waals surface area contributed by atoms with E-state index in [0.717, 1.165) is 10.2 Å². The van der Waals surface area contributed by atoms with Crippen molar-refractivity contribution in [3.05, 3.63) is 45.3 Å². The van der Waals surface area contributed by atoms with Crippen LogP contribution in [0.5, 0.6) is 0 Å². The topological polar surface area (TPSA) is 42.0 Å². The molecule has 0 aliphatic rings. The SMILES string of the molecule is O=C(Nc1ccc(Br)cc1)c1cscn1. The summed E-state index contributed by atoms with van der Waals surface area (Å²) in [5.41, 5.74) is 2.84. The molecule has 0 fully saturated rings. The second kappa shape index (κ2) is 4.55. The van der Waals surface area contributed by atoms with Crippen molar-refractivity contribution in [3.63, 3.8) is 0 Å². The van der Waals surface area contributed by atoms with E-state index in [2.05, 4.69) is 26.2 Å². The Hall–Kier alpha value is -1.20. The van der Waals surface area contributed by atoms with Crippen molar-refractivity contribution >= 4 is 38.9 Å². The van der Waals surface area contributed by atoms with Gasteiger partial charge in [0.05, 0.1) is 5.51 Å². The Bertz CT molecular complexity index is 453. The third-order valence-corrected chi connectivity index (χ3v) is 2.88. The van der Waals surface area contributed by atoms with Crippen LogP contribution in [0, 0.1) is 0 Å². The second-order valence-corrected chi connectivity index (χ2v) is 4.47. The molecule has 0 unspecified atom stereocenters. The maximum absolute atomic E-state index is 11.6. The standard InChI is InChI=1S/C10H7BrN2OS/c11-7-1-3-8(4-2-7)13-10(14)9-5-15-6-12-9/h1-6H,(H,13,14). The van der Waals surface area contributed by atoms with E-state index in [0.29, 0.717) is 5.69 Å². The molecule has 0 atom stereocenters. The molecule has 5 heteroatoms. The minimum atomic E-state index is -0.182. The van der Waals surface area contributed by atoms with Crippen LogP contribution in [0.25, 0.3) is 0 Å². The van der Waals surface area contributed by atoms with Gasteiger partial charge in [-0.2, -0.15) is 0 Å². The molecule has 0 saturated heterocycles. The van der Waals surface area contributed by atoms with Crippen molar-refractivity contribution < 1.29 is 4.79 Å². The molecule has 2 aromatic rings. The van der Waals surface area contributed by atoms with Crippen LogP contribution in [-0.4, -0.2) is 10.9 Å². The van der Waals surface area contributed by atoms with E-state index in [4.69, 9.17) is 0 Å². The number of hydrogen-bond acceptors (Lipinski definition) is 3. The van der Waals surface area contributed by atoms with E-state index >= 15 is 0 Å². The fraction of sp³-hybridized carbons (Fsp3) is 0. The van der Waals surface area contributed by atoms with Crippen LogP contribution in [0.4, 0.5) is 5.69 Å². The smallest absolute Gasteiger partial charge is 0.275 e. The lowest BCUT2D eigenvalue weighted by atomic mass is 10.3. The van der Waals surface area contributed by atoms with Crippen LogP contribution in [-0.2, 0) is 0 Å². The molecule has 1 amide bonds. The number of carbonyl (C=O) groups excluding carboxylic acids is 1. The lowest BCUT2D eigenvalue weighted by Crippen LogP contribution is -2.11. The van der Waals surface area contributed by atoms with E-state index < -0.39 is 0 Å². The molecule has 1 aromatic carbocycles. The predicted octanol–water partition coefficient (Wildman–Crippen LogP) is 3.16. The molecule has 0 saturated carbocycles. The van der Waals surface area contributed by atoms with E-state index in [1.54, 1.807) is 10.9 Å². The number of amides is 1. The first-order valence-corrected chi connectivity index (χ1v) is 5.94. The molecule has 15 heavy (non-hydrogen) atoms. The normalized spacial score (nSPS) is 9.93. The third kappa shape index (κ3) is 2.64. The number of rotatable bonds is 2. The van der Waals surface area contributed by atoms with Crippen LogP contribution in [0.2, 0.25) is 0 Å². The Morgan fingerprint density at radius 1 is 1.33 bits per heavy atom. The molecule has 3 nitrogen and oxygen atoms in total. The Morgan fingerprint density at radius 2 is 2.07 bits per heavy atom. The second-order valence-electron chi connectivity index (χ2n) is 2.83. The highest BCUT2D eigenvalue weighted by atomic mass is 79.9. The molecular formula is C10H7BrN2OS. The highest BCUT2D eigenvalue weighted by molar-refractivity contribution is 9.10. The van der Waals surface area contributed by atoms with Gasteiger partial charge >= 0.3 is 0 Å². The van der Waals surface area contributed by atoms with Gasteiger partial charge in [0, 0.05) is 15.5 Å². The van der Waals surface area contributed by atoms with Crippen LogP contribution >= 0.6 is 27.3 Å². The van der Waals surface area contributed by atoms with Gasteiger partial charge in [0.25, 0.3) is 5.91 Å². The molecule has 0 aliphatic heterocycles. The molecule has 76 valence electrons. The lowest BCUT2D eigenvalue weighted by molar-refractivity contribution is 0.102. The molecule has 0 aliphatic carbocycles. The van der Waals surface area contributed by atoms with E-state index in [9.17, 15) is 4.79 Å². The number of thiazole rings is 1. The van der Waals surface area contributed by atoms with Crippen molar-refractivity contribution in [2.75, 3.05) is 5.32 Å². The first kappa shape index (κ1) is 10.3. The van der Waals surface area contributed by atoms with Gasteiger partial charge in [-0.25, -0.2) is 4.98 Å². The van der Waals surface area contributed by atoms with E-state index in [-0.39, 0.29) is 5.91 Å². The monoisotopic (exact) mass is 282 g/mol. The average Bonchev–Trinajstić information content (AvgIpc) is 2.74. The zero-order valence-corrected chi connectivity index (χ0v) is 10.0. The molecule has 0 radical (unpaired) electrons. The molecule has 2 rings (SSSR count). The molecule has 1 aromatic heterocycles. The van der Waals surface area contributed by atoms with Gasteiger partial charge in [0.1, 0.15) is 5.69 Å². The van der Waals surface area contributed by atoms with Crippen LogP contribution < -0.4 is 5.32 Å². The summed E-state index contributed by atoms with van der Waals surface area (Å²) in [7, 11) is 0. The lowest BCUT2D eigenvalue weighted by Gasteiger charge is -2.02. The minimum Gasteiger partial charge on any atom is -0.321 e. The summed E-state index contributed by atoms with van der Waals surface area (Å²) in [5, 5.41) is 4.47. The number of carbonyl (C=O) groups is 1. The van der Waals surface area contributed by atoms with Gasteiger partial charge < -0.3 is 5.32 Å². The first-order chi connectivity index (χ1) is 7.25. The molecule has 0 bridgehead atoms. The number of anilines is 1. The van der Waals surface area contributed by atoms with Crippen LogP contribution in [0.15, 0.2) is 39.6 Å². The quantitative estimate of drug-likeness (QED) is 0.919. The number of halogens is 1. The molecule has 1 N–H and O–H groups in total.